The van der Waals surface area contributed by atoms with Gasteiger partial charge in [0.15, 0.2) is 4.90 Å². The predicted molar refractivity (Wildman–Crippen MR) is 75.7 cm³/mol. The fourth-order valence-electron chi connectivity index (χ4n) is 2.64. The van der Waals surface area contributed by atoms with Crippen molar-refractivity contribution in [3.05, 3.63) is 59.7 Å². The maximum Gasteiger partial charge on any atom is 0.270 e. The lowest BCUT2D eigenvalue weighted by molar-refractivity contribution is 0.517. The van der Waals surface area contributed by atoms with E-state index in [-0.39, 0.29) is 12.5 Å². The summed E-state index contributed by atoms with van der Waals surface area (Å²) in [5, 5.41) is 0. The summed E-state index contributed by atoms with van der Waals surface area (Å²) in [4.78, 5) is -0.895. The molecule has 0 saturated carbocycles. The van der Waals surface area contributed by atoms with Gasteiger partial charge in [0.1, 0.15) is 11.6 Å². The van der Waals surface area contributed by atoms with Gasteiger partial charge in [0, 0.05) is 12.5 Å². The summed E-state index contributed by atoms with van der Waals surface area (Å²) < 4.78 is 54.0. The van der Waals surface area contributed by atoms with Gasteiger partial charge in [-0.3, -0.25) is 4.31 Å². The van der Waals surface area contributed by atoms with Crippen molar-refractivity contribution >= 4 is 15.7 Å². The summed E-state index contributed by atoms with van der Waals surface area (Å²) in [6.07, 6.45) is 0. The smallest absolute Gasteiger partial charge is 0.265 e. The van der Waals surface area contributed by atoms with Crippen molar-refractivity contribution in [2.24, 2.45) is 0 Å². The molecular weight excluding hydrogens is 296 g/mol. The maximum absolute atomic E-state index is 13.8. The second-order valence-corrected chi connectivity index (χ2v) is 6.85. The van der Waals surface area contributed by atoms with Crippen molar-refractivity contribution in [2.75, 3.05) is 10.8 Å². The van der Waals surface area contributed by atoms with E-state index in [4.69, 9.17) is 0 Å². The van der Waals surface area contributed by atoms with Crippen molar-refractivity contribution in [2.45, 2.75) is 17.7 Å². The summed E-state index contributed by atoms with van der Waals surface area (Å²) in [7, 11) is -4.26. The van der Waals surface area contributed by atoms with E-state index in [1.807, 2.05) is 19.1 Å². The maximum atomic E-state index is 13.8. The van der Waals surface area contributed by atoms with Crippen molar-refractivity contribution in [1.82, 2.24) is 0 Å². The Labute approximate surface area is 121 Å². The lowest BCUT2D eigenvalue weighted by atomic mass is 10.0. The normalized spacial score (nSPS) is 17.9. The van der Waals surface area contributed by atoms with E-state index in [1.54, 1.807) is 12.1 Å². The van der Waals surface area contributed by atoms with Crippen LogP contribution in [0.4, 0.5) is 14.5 Å². The topological polar surface area (TPSA) is 37.4 Å². The zero-order valence-corrected chi connectivity index (χ0v) is 12.1. The highest BCUT2D eigenvalue weighted by atomic mass is 32.2. The molecule has 6 heteroatoms. The Kier molecular flexibility index (Phi) is 3.20. The Morgan fingerprint density at radius 1 is 1.05 bits per heavy atom. The molecule has 110 valence electrons. The van der Waals surface area contributed by atoms with Crippen LogP contribution in [0.1, 0.15) is 18.4 Å². The highest BCUT2D eigenvalue weighted by molar-refractivity contribution is 7.92. The number of rotatable bonds is 2. The lowest BCUT2D eigenvalue weighted by Gasteiger charge is -2.20. The average molecular weight is 309 g/mol. The third-order valence-corrected chi connectivity index (χ3v) is 5.48. The minimum Gasteiger partial charge on any atom is -0.265 e. The first kappa shape index (κ1) is 14.0. The average Bonchev–Trinajstić information content (AvgIpc) is 2.77. The van der Waals surface area contributed by atoms with Gasteiger partial charge in [0.05, 0.1) is 5.69 Å². The summed E-state index contributed by atoms with van der Waals surface area (Å²) in [6.45, 7) is 2.06. The van der Waals surface area contributed by atoms with Crippen molar-refractivity contribution in [3.8, 4) is 0 Å². The summed E-state index contributed by atoms with van der Waals surface area (Å²) in [6, 6.07) is 10.0. The molecule has 3 rings (SSSR count). The van der Waals surface area contributed by atoms with E-state index < -0.39 is 26.6 Å². The van der Waals surface area contributed by atoms with Crippen LogP contribution in [0.2, 0.25) is 0 Å². The molecule has 0 bridgehead atoms. The zero-order chi connectivity index (χ0) is 15.2. The molecule has 0 aliphatic carbocycles. The molecule has 21 heavy (non-hydrogen) atoms. The molecule has 0 amide bonds. The molecule has 0 fully saturated rings. The van der Waals surface area contributed by atoms with Crippen LogP contribution in [0.25, 0.3) is 0 Å². The third kappa shape index (κ3) is 2.10. The lowest BCUT2D eigenvalue weighted by Crippen LogP contribution is -2.31. The van der Waals surface area contributed by atoms with Gasteiger partial charge in [0.25, 0.3) is 10.0 Å². The highest BCUT2D eigenvalue weighted by Gasteiger charge is 2.37. The van der Waals surface area contributed by atoms with E-state index in [0.717, 1.165) is 28.1 Å². The largest absolute Gasteiger partial charge is 0.270 e. The SMILES string of the molecule is CC1CN(S(=O)(=O)c2c(F)cccc2F)c2ccccc21. The van der Waals surface area contributed by atoms with Gasteiger partial charge in [-0.25, -0.2) is 17.2 Å². The first-order valence-electron chi connectivity index (χ1n) is 6.48. The third-order valence-electron chi connectivity index (χ3n) is 3.64. The molecule has 1 aliphatic heterocycles. The van der Waals surface area contributed by atoms with Crippen LogP contribution in [0.3, 0.4) is 0 Å². The second kappa shape index (κ2) is 4.80. The number of fused-ring (bicyclic) bond motifs is 1. The van der Waals surface area contributed by atoms with Crippen LogP contribution < -0.4 is 4.31 Å². The van der Waals surface area contributed by atoms with E-state index in [9.17, 15) is 17.2 Å². The zero-order valence-electron chi connectivity index (χ0n) is 11.3. The second-order valence-electron chi connectivity index (χ2n) is 5.05. The van der Waals surface area contributed by atoms with Crippen molar-refractivity contribution in [1.29, 1.82) is 0 Å². The molecule has 0 N–H and O–H groups in total. The molecule has 2 aromatic rings. The number of benzene rings is 2. The molecular formula is C15H13F2NO2S. The van der Waals surface area contributed by atoms with Gasteiger partial charge in [0.2, 0.25) is 0 Å². The fourth-order valence-corrected chi connectivity index (χ4v) is 4.34. The van der Waals surface area contributed by atoms with Crippen molar-refractivity contribution < 1.29 is 17.2 Å². The van der Waals surface area contributed by atoms with Crippen LogP contribution in [-0.2, 0) is 10.0 Å². The van der Waals surface area contributed by atoms with E-state index in [0.29, 0.717) is 5.69 Å². The van der Waals surface area contributed by atoms with E-state index in [1.165, 1.54) is 0 Å². The monoisotopic (exact) mass is 309 g/mol. The molecule has 0 saturated heterocycles. The molecule has 1 aliphatic rings. The Morgan fingerprint density at radius 3 is 2.33 bits per heavy atom. The molecule has 0 spiro atoms. The molecule has 1 unspecified atom stereocenters. The number of nitrogens with zero attached hydrogens (tertiary/aromatic N) is 1. The highest BCUT2D eigenvalue weighted by Crippen LogP contribution is 2.39. The minimum absolute atomic E-state index is 0.0224. The van der Waals surface area contributed by atoms with E-state index >= 15 is 0 Å². The number of hydrogen-bond donors (Lipinski definition) is 0. The predicted octanol–water partition coefficient (Wildman–Crippen LogP) is 3.28. The molecule has 0 aromatic heterocycles. The molecule has 1 atom stereocenters. The number of sulfonamides is 1. The molecule has 0 radical (unpaired) electrons. The molecule has 3 nitrogen and oxygen atoms in total. The summed E-state index contributed by atoms with van der Waals surface area (Å²) >= 11 is 0. The molecule has 2 aromatic carbocycles. The summed E-state index contributed by atoms with van der Waals surface area (Å²) in [5.74, 6) is -2.18. The fraction of sp³-hybridized carbons (Fsp3) is 0.200. The van der Waals surface area contributed by atoms with Gasteiger partial charge < -0.3 is 0 Å². The van der Waals surface area contributed by atoms with Gasteiger partial charge >= 0.3 is 0 Å². The Balaban J connectivity index is 2.17. The van der Waals surface area contributed by atoms with Crippen molar-refractivity contribution in [3.63, 3.8) is 0 Å². The van der Waals surface area contributed by atoms with Gasteiger partial charge in [-0.1, -0.05) is 31.2 Å². The standard InChI is InChI=1S/C15H13F2NO2S/c1-10-9-18(14-8-3-2-5-11(10)14)21(19,20)15-12(16)6-4-7-13(15)17/h2-8,10H,9H2,1H3. The Hall–Kier alpha value is -1.95. The van der Waals surface area contributed by atoms with Crippen LogP contribution >= 0.6 is 0 Å². The Bertz CT molecular complexity index is 785. The number of hydrogen-bond acceptors (Lipinski definition) is 2. The van der Waals surface area contributed by atoms with Crippen LogP contribution in [-0.4, -0.2) is 15.0 Å². The molecule has 1 heterocycles. The van der Waals surface area contributed by atoms with Crippen LogP contribution in [0.5, 0.6) is 0 Å². The first-order valence-corrected chi connectivity index (χ1v) is 7.92. The number of para-hydroxylation sites is 1. The first-order chi connectivity index (χ1) is 9.93. The quantitative estimate of drug-likeness (QED) is 0.854. The van der Waals surface area contributed by atoms with Gasteiger partial charge in [-0.05, 0) is 23.8 Å². The van der Waals surface area contributed by atoms with Crippen LogP contribution in [0.15, 0.2) is 47.4 Å². The van der Waals surface area contributed by atoms with E-state index in [2.05, 4.69) is 0 Å². The number of halogens is 2. The number of anilines is 1. The Morgan fingerprint density at radius 2 is 1.67 bits per heavy atom. The summed E-state index contributed by atoms with van der Waals surface area (Å²) in [5.41, 5.74) is 1.34. The van der Waals surface area contributed by atoms with Crippen LogP contribution in [0, 0.1) is 11.6 Å². The van der Waals surface area contributed by atoms with Gasteiger partial charge in [-0.15, -0.1) is 0 Å². The van der Waals surface area contributed by atoms with Gasteiger partial charge in [-0.2, -0.15) is 0 Å². The minimum atomic E-state index is -4.26.